The molecule has 0 aliphatic rings. The molecule has 5 nitrogen and oxygen atoms in total. The van der Waals surface area contributed by atoms with Crippen LogP contribution in [0.2, 0.25) is 0 Å². The number of rotatable bonds is 2. The first kappa shape index (κ1) is 12.3. The second-order valence-corrected chi connectivity index (χ2v) is 4.39. The Balaban J connectivity index is 2.17. The van der Waals surface area contributed by atoms with Gasteiger partial charge in [-0.1, -0.05) is 0 Å². The Bertz CT molecular complexity index is 809. The second-order valence-electron chi connectivity index (χ2n) is 4.39. The van der Waals surface area contributed by atoms with Crippen LogP contribution in [0.1, 0.15) is 16.2 Å². The number of hydrogen-bond acceptors (Lipinski definition) is 3. The number of aromatic nitrogens is 3. The summed E-state index contributed by atoms with van der Waals surface area (Å²) in [6, 6.07) is 9.06. The highest BCUT2D eigenvalue weighted by atomic mass is 19.1. The lowest BCUT2D eigenvalue weighted by molar-refractivity contribution is 0.0690. The number of halogens is 1. The minimum atomic E-state index is -1.08. The molecule has 0 radical (unpaired) electrons. The predicted octanol–water partition coefficient (Wildman–Crippen LogP) is 2.54. The molecular formula is C14H10FN3O2. The zero-order valence-corrected chi connectivity index (χ0v) is 10.5. The topological polar surface area (TPSA) is 67.5 Å². The number of nitrogens with zero attached hydrogens (tertiary/aromatic N) is 3. The SMILES string of the molecule is Cc1cc(C(=O)O)nc2cc(-c3ccc(F)cc3)nn12. The van der Waals surface area contributed by atoms with Crippen molar-refractivity contribution in [3.63, 3.8) is 0 Å². The van der Waals surface area contributed by atoms with Gasteiger partial charge in [-0.25, -0.2) is 18.7 Å². The number of carboxylic acids is 1. The highest BCUT2D eigenvalue weighted by molar-refractivity contribution is 5.86. The number of aryl methyl sites for hydroxylation is 1. The zero-order valence-electron chi connectivity index (χ0n) is 10.5. The van der Waals surface area contributed by atoms with Crippen molar-refractivity contribution in [2.75, 3.05) is 0 Å². The van der Waals surface area contributed by atoms with Gasteiger partial charge in [-0.15, -0.1) is 0 Å². The third kappa shape index (κ3) is 2.01. The maximum atomic E-state index is 12.9. The summed E-state index contributed by atoms with van der Waals surface area (Å²) in [5, 5.41) is 13.3. The zero-order chi connectivity index (χ0) is 14.3. The van der Waals surface area contributed by atoms with E-state index in [0.717, 1.165) is 5.56 Å². The predicted molar refractivity (Wildman–Crippen MR) is 70.1 cm³/mol. The minimum Gasteiger partial charge on any atom is -0.477 e. The van der Waals surface area contributed by atoms with Crippen molar-refractivity contribution in [2.24, 2.45) is 0 Å². The van der Waals surface area contributed by atoms with E-state index in [1.54, 1.807) is 29.6 Å². The van der Waals surface area contributed by atoms with E-state index in [0.29, 0.717) is 17.0 Å². The molecule has 3 rings (SSSR count). The van der Waals surface area contributed by atoms with Crippen LogP contribution in [0.4, 0.5) is 4.39 Å². The standard InChI is InChI=1S/C14H10FN3O2/c1-8-6-12(14(19)20)16-13-7-11(17-18(8)13)9-2-4-10(15)5-3-9/h2-7H,1H3,(H,19,20). The number of carbonyl (C=O) groups is 1. The van der Waals surface area contributed by atoms with E-state index >= 15 is 0 Å². The maximum absolute atomic E-state index is 12.9. The summed E-state index contributed by atoms with van der Waals surface area (Å²) >= 11 is 0. The number of benzene rings is 1. The second kappa shape index (κ2) is 4.41. The summed E-state index contributed by atoms with van der Waals surface area (Å²) in [6.45, 7) is 1.75. The number of fused-ring (bicyclic) bond motifs is 1. The Morgan fingerprint density at radius 3 is 2.60 bits per heavy atom. The van der Waals surface area contributed by atoms with Crippen LogP contribution in [0, 0.1) is 12.7 Å². The first-order valence-corrected chi connectivity index (χ1v) is 5.91. The van der Waals surface area contributed by atoms with Gasteiger partial charge in [0.2, 0.25) is 0 Å². The summed E-state index contributed by atoms with van der Waals surface area (Å²) in [5.74, 6) is -1.40. The first-order chi connectivity index (χ1) is 9.54. The molecular weight excluding hydrogens is 261 g/mol. The van der Waals surface area contributed by atoms with Crippen molar-refractivity contribution < 1.29 is 14.3 Å². The monoisotopic (exact) mass is 271 g/mol. The van der Waals surface area contributed by atoms with Gasteiger partial charge in [0.15, 0.2) is 11.3 Å². The molecule has 0 saturated carbocycles. The number of carboxylic acid groups (broad SMARTS) is 1. The molecule has 1 aromatic carbocycles. The molecule has 0 atom stereocenters. The largest absolute Gasteiger partial charge is 0.477 e. The highest BCUT2D eigenvalue weighted by Crippen LogP contribution is 2.20. The Kier molecular flexibility index (Phi) is 2.71. The number of hydrogen-bond donors (Lipinski definition) is 1. The van der Waals surface area contributed by atoms with Crippen molar-refractivity contribution in [3.05, 3.63) is 53.6 Å². The van der Waals surface area contributed by atoms with E-state index in [4.69, 9.17) is 5.11 Å². The molecule has 0 unspecified atom stereocenters. The lowest BCUT2D eigenvalue weighted by atomic mass is 10.1. The van der Waals surface area contributed by atoms with Gasteiger partial charge in [-0.2, -0.15) is 5.10 Å². The molecule has 100 valence electrons. The molecule has 0 saturated heterocycles. The summed E-state index contributed by atoms with van der Waals surface area (Å²) < 4.78 is 14.5. The fraction of sp³-hybridized carbons (Fsp3) is 0.0714. The molecule has 3 aromatic rings. The van der Waals surface area contributed by atoms with E-state index in [2.05, 4.69) is 10.1 Å². The Hall–Kier alpha value is -2.76. The van der Waals surface area contributed by atoms with Gasteiger partial charge in [-0.3, -0.25) is 0 Å². The van der Waals surface area contributed by atoms with E-state index in [1.807, 2.05) is 0 Å². The van der Waals surface area contributed by atoms with Crippen molar-refractivity contribution in [1.82, 2.24) is 14.6 Å². The third-order valence-electron chi connectivity index (χ3n) is 2.96. The van der Waals surface area contributed by atoms with Crippen LogP contribution in [-0.2, 0) is 0 Å². The average molecular weight is 271 g/mol. The molecule has 2 heterocycles. The van der Waals surface area contributed by atoms with Gasteiger partial charge >= 0.3 is 5.97 Å². The molecule has 0 aliphatic carbocycles. The summed E-state index contributed by atoms with van der Waals surface area (Å²) in [5.41, 5.74) is 2.44. The van der Waals surface area contributed by atoms with E-state index in [1.165, 1.54) is 18.2 Å². The van der Waals surface area contributed by atoms with Gasteiger partial charge in [-0.05, 0) is 37.3 Å². The van der Waals surface area contributed by atoms with Crippen LogP contribution < -0.4 is 0 Å². The lowest BCUT2D eigenvalue weighted by Crippen LogP contribution is -2.05. The van der Waals surface area contributed by atoms with Crippen LogP contribution in [0.3, 0.4) is 0 Å². The Morgan fingerprint density at radius 2 is 1.95 bits per heavy atom. The van der Waals surface area contributed by atoms with Crippen LogP contribution in [0.25, 0.3) is 16.9 Å². The van der Waals surface area contributed by atoms with Crippen molar-refractivity contribution in [2.45, 2.75) is 6.92 Å². The van der Waals surface area contributed by atoms with Crippen molar-refractivity contribution in [3.8, 4) is 11.3 Å². The maximum Gasteiger partial charge on any atom is 0.354 e. The van der Waals surface area contributed by atoms with Gasteiger partial charge in [0.1, 0.15) is 5.82 Å². The third-order valence-corrected chi connectivity index (χ3v) is 2.96. The molecule has 0 fully saturated rings. The van der Waals surface area contributed by atoms with Crippen LogP contribution >= 0.6 is 0 Å². The molecule has 20 heavy (non-hydrogen) atoms. The van der Waals surface area contributed by atoms with Gasteiger partial charge in [0.05, 0.1) is 5.69 Å². The van der Waals surface area contributed by atoms with Crippen molar-refractivity contribution in [1.29, 1.82) is 0 Å². The minimum absolute atomic E-state index is 0.0273. The fourth-order valence-corrected chi connectivity index (χ4v) is 2.00. The molecule has 0 amide bonds. The molecule has 0 bridgehead atoms. The molecule has 1 N–H and O–H groups in total. The van der Waals surface area contributed by atoms with Gasteiger partial charge in [0.25, 0.3) is 0 Å². The van der Waals surface area contributed by atoms with E-state index in [-0.39, 0.29) is 11.5 Å². The molecule has 0 aliphatic heterocycles. The normalized spacial score (nSPS) is 10.9. The molecule has 2 aromatic heterocycles. The van der Waals surface area contributed by atoms with E-state index in [9.17, 15) is 9.18 Å². The highest BCUT2D eigenvalue weighted by Gasteiger charge is 2.12. The van der Waals surface area contributed by atoms with Crippen LogP contribution in [-0.4, -0.2) is 25.7 Å². The van der Waals surface area contributed by atoms with Crippen molar-refractivity contribution >= 4 is 11.6 Å². The van der Waals surface area contributed by atoms with E-state index < -0.39 is 5.97 Å². The fourth-order valence-electron chi connectivity index (χ4n) is 2.00. The Labute approximate surface area is 113 Å². The first-order valence-electron chi connectivity index (χ1n) is 5.91. The lowest BCUT2D eigenvalue weighted by Gasteiger charge is -2.00. The van der Waals surface area contributed by atoms with Crippen LogP contribution in [0.15, 0.2) is 36.4 Å². The summed E-state index contributed by atoms with van der Waals surface area (Å²) in [4.78, 5) is 15.0. The molecule has 0 spiro atoms. The molecule has 6 heteroatoms. The number of aromatic carboxylic acids is 1. The van der Waals surface area contributed by atoms with Crippen LogP contribution in [0.5, 0.6) is 0 Å². The smallest absolute Gasteiger partial charge is 0.354 e. The van der Waals surface area contributed by atoms with Gasteiger partial charge in [0, 0.05) is 17.3 Å². The Morgan fingerprint density at radius 1 is 1.25 bits per heavy atom. The average Bonchev–Trinajstić information content (AvgIpc) is 2.84. The van der Waals surface area contributed by atoms with Gasteiger partial charge < -0.3 is 5.11 Å². The quantitative estimate of drug-likeness (QED) is 0.777. The summed E-state index contributed by atoms with van der Waals surface area (Å²) in [6.07, 6.45) is 0. The summed E-state index contributed by atoms with van der Waals surface area (Å²) in [7, 11) is 0.